The fraction of sp³-hybridized carbons (Fsp3) is 0.200. The third-order valence-electron chi connectivity index (χ3n) is 5.76. The minimum absolute atomic E-state index is 0.252. The Labute approximate surface area is 199 Å². The van der Waals surface area contributed by atoms with E-state index < -0.39 is 15.9 Å². The summed E-state index contributed by atoms with van der Waals surface area (Å²) in [5.41, 5.74) is 7.73. The summed E-state index contributed by atoms with van der Waals surface area (Å²) in [5, 5.41) is 2.79. The van der Waals surface area contributed by atoms with Gasteiger partial charge in [0.15, 0.2) is 0 Å². The lowest BCUT2D eigenvalue weighted by Crippen LogP contribution is -2.48. The summed E-state index contributed by atoms with van der Waals surface area (Å²) < 4.78 is 27.1. The van der Waals surface area contributed by atoms with Gasteiger partial charge in [0.05, 0.1) is 4.90 Å². The molecule has 1 heterocycles. The average molecular weight is 479 g/mol. The van der Waals surface area contributed by atoms with Crippen LogP contribution in [0, 0.1) is 0 Å². The van der Waals surface area contributed by atoms with Crippen molar-refractivity contribution in [2.24, 2.45) is 5.73 Å². The van der Waals surface area contributed by atoms with Gasteiger partial charge < -0.3 is 11.1 Å². The molecule has 3 aromatic rings. The fourth-order valence-corrected chi connectivity index (χ4v) is 5.25. The van der Waals surface area contributed by atoms with E-state index in [0.29, 0.717) is 54.4 Å². The Morgan fingerprint density at radius 3 is 1.97 bits per heavy atom. The van der Waals surface area contributed by atoms with E-state index in [1.807, 2.05) is 12.1 Å². The maximum absolute atomic E-state index is 12.8. The minimum atomic E-state index is -3.47. The van der Waals surface area contributed by atoms with Crippen molar-refractivity contribution in [2.45, 2.75) is 11.4 Å². The minimum Gasteiger partial charge on any atom is -0.366 e. The van der Waals surface area contributed by atoms with Crippen molar-refractivity contribution in [1.82, 2.24) is 9.21 Å². The van der Waals surface area contributed by atoms with E-state index in [9.17, 15) is 18.0 Å². The second-order valence-electron chi connectivity index (χ2n) is 8.09. The molecule has 2 amide bonds. The molecule has 0 atom stereocenters. The number of primary amides is 1. The molecule has 0 saturated carbocycles. The number of nitrogens with zero attached hydrogens (tertiary/aromatic N) is 2. The molecule has 176 valence electrons. The highest BCUT2D eigenvalue weighted by Gasteiger charge is 2.28. The van der Waals surface area contributed by atoms with Gasteiger partial charge in [0, 0.05) is 49.5 Å². The number of anilines is 1. The Balaban J connectivity index is 1.30. The van der Waals surface area contributed by atoms with Crippen LogP contribution in [0.2, 0.25) is 0 Å². The van der Waals surface area contributed by atoms with E-state index in [1.54, 1.807) is 66.7 Å². The quantitative estimate of drug-likeness (QED) is 0.542. The van der Waals surface area contributed by atoms with Crippen molar-refractivity contribution in [2.75, 3.05) is 31.5 Å². The number of rotatable bonds is 7. The van der Waals surface area contributed by atoms with Gasteiger partial charge >= 0.3 is 0 Å². The molecule has 3 N–H and O–H groups in total. The van der Waals surface area contributed by atoms with Crippen LogP contribution in [0.1, 0.15) is 26.3 Å². The van der Waals surface area contributed by atoms with E-state index in [0.717, 1.165) is 5.56 Å². The first-order valence-corrected chi connectivity index (χ1v) is 12.3. The molecular weight excluding hydrogens is 452 g/mol. The second kappa shape index (κ2) is 10.2. The van der Waals surface area contributed by atoms with E-state index in [1.165, 1.54) is 4.31 Å². The van der Waals surface area contributed by atoms with Crippen LogP contribution >= 0.6 is 0 Å². The monoisotopic (exact) mass is 478 g/mol. The largest absolute Gasteiger partial charge is 0.366 e. The van der Waals surface area contributed by atoms with E-state index in [2.05, 4.69) is 10.2 Å². The van der Waals surface area contributed by atoms with Gasteiger partial charge in [-0.05, 0) is 54.1 Å². The zero-order valence-corrected chi connectivity index (χ0v) is 19.4. The summed E-state index contributed by atoms with van der Waals surface area (Å²) in [5.74, 6) is -0.772. The number of amides is 2. The van der Waals surface area contributed by atoms with Crippen LogP contribution in [0.15, 0.2) is 83.8 Å². The molecule has 0 aliphatic carbocycles. The zero-order valence-electron chi connectivity index (χ0n) is 18.6. The molecule has 1 fully saturated rings. The van der Waals surface area contributed by atoms with Crippen LogP contribution in [0.4, 0.5) is 5.69 Å². The van der Waals surface area contributed by atoms with Crippen molar-refractivity contribution < 1.29 is 18.0 Å². The predicted molar refractivity (Wildman–Crippen MR) is 130 cm³/mol. The number of nitrogens with two attached hydrogens (primary N) is 1. The number of hydrogen-bond donors (Lipinski definition) is 2. The summed E-state index contributed by atoms with van der Waals surface area (Å²) in [7, 11) is -3.47. The first-order valence-electron chi connectivity index (χ1n) is 10.9. The van der Waals surface area contributed by atoms with Crippen molar-refractivity contribution in [3.63, 3.8) is 0 Å². The van der Waals surface area contributed by atoms with Crippen LogP contribution in [-0.2, 0) is 16.6 Å². The van der Waals surface area contributed by atoms with Crippen molar-refractivity contribution >= 4 is 27.5 Å². The molecule has 9 heteroatoms. The highest BCUT2D eigenvalue weighted by molar-refractivity contribution is 7.89. The Morgan fingerprint density at radius 2 is 1.38 bits per heavy atom. The molecule has 1 aliphatic heterocycles. The molecule has 8 nitrogen and oxygen atoms in total. The number of benzene rings is 3. The number of hydrogen-bond acceptors (Lipinski definition) is 5. The van der Waals surface area contributed by atoms with E-state index in [-0.39, 0.29) is 5.91 Å². The number of piperazine rings is 1. The average Bonchev–Trinajstić information content (AvgIpc) is 2.85. The Kier molecular flexibility index (Phi) is 7.06. The first-order chi connectivity index (χ1) is 16.3. The summed E-state index contributed by atoms with van der Waals surface area (Å²) in [6, 6.07) is 22.2. The molecule has 1 aliphatic rings. The normalized spacial score (nSPS) is 15.1. The molecular formula is C25H26N4O4S. The molecule has 1 saturated heterocycles. The molecule has 3 aromatic carbocycles. The van der Waals surface area contributed by atoms with Crippen LogP contribution in [-0.4, -0.2) is 55.6 Å². The number of carbonyl (C=O) groups excluding carboxylic acids is 2. The predicted octanol–water partition coefficient (Wildman–Crippen LogP) is 2.54. The number of nitrogens with one attached hydrogen (secondary N) is 1. The fourth-order valence-electron chi connectivity index (χ4n) is 3.81. The maximum atomic E-state index is 12.8. The summed E-state index contributed by atoms with van der Waals surface area (Å²) in [6.45, 7) is 2.82. The molecule has 4 rings (SSSR count). The molecule has 0 unspecified atom stereocenters. The van der Waals surface area contributed by atoms with Gasteiger partial charge in [-0.15, -0.1) is 0 Å². The van der Waals surface area contributed by atoms with Crippen LogP contribution in [0.25, 0.3) is 0 Å². The van der Waals surface area contributed by atoms with Gasteiger partial charge in [-0.1, -0.05) is 30.3 Å². The number of sulfonamides is 1. The van der Waals surface area contributed by atoms with Crippen LogP contribution in [0.5, 0.6) is 0 Å². The second-order valence-corrected chi connectivity index (χ2v) is 10.0. The summed E-state index contributed by atoms with van der Waals surface area (Å²) in [4.78, 5) is 26.2. The highest BCUT2D eigenvalue weighted by atomic mass is 32.2. The zero-order chi connectivity index (χ0) is 24.1. The topological polar surface area (TPSA) is 113 Å². The molecule has 0 bridgehead atoms. The molecule has 0 spiro atoms. The third kappa shape index (κ3) is 5.51. The Hall–Kier alpha value is -3.53. The SMILES string of the molecule is NC(=O)c1ccc(NC(=O)c2ccc(CN3CCN(S(=O)(=O)c4ccccc4)CC3)cc2)cc1. The van der Waals surface area contributed by atoms with Crippen LogP contribution < -0.4 is 11.1 Å². The maximum Gasteiger partial charge on any atom is 0.255 e. The Bertz CT molecular complexity index is 1250. The van der Waals surface area contributed by atoms with E-state index >= 15 is 0 Å². The van der Waals surface area contributed by atoms with Gasteiger partial charge in [-0.3, -0.25) is 14.5 Å². The smallest absolute Gasteiger partial charge is 0.255 e. The lowest BCUT2D eigenvalue weighted by Gasteiger charge is -2.34. The number of carbonyl (C=O) groups is 2. The summed E-state index contributed by atoms with van der Waals surface area (Å²) >= 11 is 0. The van der Waals surface area contributed by atoms with Crippen LogP contribution in [0.3, 0.4) is 0 Å². The van der Waals surface area contributed by atoms with Gasteiger partial charge in [-0.25, -0.2) is 8.42 Å². The van der Waals surface area contributed by atoms with Gasteiger partial charge in [0.1, 0.15) is 0 Å². The van der Waals surface area contributed by atoms with E-state index in [4.69, 9.17) is 5.73 Å². The lowest BCUT2D eigenvalue weighted by molar-refractivity contribution is 0.0998. The summed E-state index contributed by atoms with van der Waals surface area (Å²) in [6.07, 6.45) is 0. The van der Waals surface area contributed by atoms with Gasteiger partial charge in [0.2, 0.25) is 15.9 Å². The first kappa shape index (κ1) is 23.6. The van der Waals surface area contributed by atoms with Crippen molar-refractivity contribution in [3.8, 4) is 0 Å². The Morgan fingerprint density at radius 1 is 0.794 bits per heavy atom. The lowest BCUT2D eigenvalue weighted by atomic mass is 10.1. The van der Waals surface area contributed by atoms with Crippen molar-refractivity contribution in [1.29, 1.82) is 0 Å². The third-order valence-corrected chi connectivity index (χ3v) is 7.67. The highest BCUT2D eigenvalue weighted by Crippen LogP contribution is 2.19. The van der Waals surface area contributed by atoms with Gasteiger partial charge in [-0.2, -0.15) is 4.31 Å². The van der Waals surface area contributed by atoms with Crippen molar-refractivity contribution in [3.05, 3.63) is 95.6 Å². The van der Waals surface area contributed by atoms with Gasteiger partial charge in [0.25, 0.3) is 5.91 Å². The standard InChI is InChI=1S/C25H26N4O4S/c26-24(30)20-10-12-22(13-11-20)27-25(31)21-8-6-19(7-9-21)18-28-14-16-29(17-15-28)34(32,33)23-4-2-1-3-5-23/h1-13H,14-18H2,(H2,26,30)(H,27,31). The molecule has 0 radical (unpaired) electrons. The molecule has 0 aromatic heterocycles. The molecule has 34 heavy (non-hydrogen) atoms.